The summed E-state index contributed by atoms with van der Waals surface area (Å²) in [5.74, 6) is 0.559. The number of methoxy groups -OCH3 is 1. The Bertz CT molecular complexity index is 423. The minimum atomic E-state index is -0.225. The molecular formula is C16H25FN2O. The molecule has 1 fully saturated rings. The summed E-state index contributed by atoms with van der Waals surface area (Å²) in [5.41, 5.74) is 7.10. The minimum Gasteiger partial charge on any atom is -0.383 e. The van der Waals surface area contributed by atoms with Crippen molar-refractivity contribution in [1.82, 2.24) is 4.90 Å². The van der Waals surface area contributed by atoms with Crippen LogP contribution in [0.5, 0.6) is 0 Å². The number of hydrogen-bond donors (Lipinski definition) is 1. The molecular weight excluding hydrogens is 255 g/mol. The fourth-order valence-electron chi connectivity index (χ4n) is 2.64. The second kappa shape index (κ2) is 7.16. The molecule has 0 amide bonds. The first-order valence-electron chi connectivity index (χ1n) is 7.36. The number of benzene rings is 1. The lowest BCUT2D eigenvalue weighted by atomic mass is 10.1. The summed E-state index contributed by atoms with van der Waals surface area (Å²) in [6.07, 6.45) is 2.61. The molecule has 20 heavy (non-hydrogen) atoms. The van der Waals surface area contributed by atoms with Crippen molar-refractivity contribution < 1.29 is 9.13 Å². The highest BCUT2D eigenvalue weighted by atomic mass is 19.1. The average molecular weight is 280 g/mol. The van der Waals surface area contributed by atoms with Crippen LogP contribution in [0.2, 0.25) is 0 Å². The van der Waals surface area contributed by atoms with Crippen LogP contribution in [0, 0.1) is 11.7 Å². The molecule has 0 heterocycles. The molecule has 1 aliphatic carbocycles. The number of hydrogen-bond acceptors (Lipinski definition) is 3. The van der Waals surface area contributed by atoms with Gasteiger partial charge >= 0.3 is 0 Å². The lowest BCUT2D eigenvalue weighted by Crippen LogP contribution is -2.41. The molecule has 4 heteroatoms. The van der Waals surface area contributed by atoms with Crippen LogP contribution in [0.4, 0.5) is 4.39 Å². The van der Waals surface area contributed by atoms with E-state index in [0.29, 0.717) is 12.6 Å². The first-order valence-corrected chi connectivity index (χ1v) is 7.36. The van der Waals surface area contributed by atoms with E-state index in [4.69, 9.17) is 10.5 Å². The molecule has 1 aromatic rings. The SMILES string of the molecule is COCCN(CC(N)c1cccc(F)c1)C(C)C1CC1. The van der Waals surface area contributed by atoms with E-state index in [2.05, 4.69) is 11.8 Å². The molecule has 1 saturated carbocycles. The molecule has 1 aliphatic rings. The first-order chi connectivity index (χ1) is 9.61. The van der Waals surface area contributed by atoms with Crippen LogP contribution in [0.3, 0.4) is 0 Å². The van der Waals surface area contributed by atoms with Crippen molar-refractivity contribution in [2.45, 2.75) is 31.8 Å². The maximum absolute atomic E-state index is 13.3. The van der Waals surface area contributed by atoms with Gasteiger partial charge in [0.05, 0.1) is 6.61 Å². The number of nitrogens with two attached hydrogens (primary N) is 1. The Hall–Kier alpha value is -0.970. The van der Waals surface area contributed by atoms with Crippen LogP contribution >= 0.6 is 0 Å². The minimum absolute atomic E-state index is 0.163. The van der Waals surface area contributed by atoms with E-state index in [1.165, 1.54) is 25.0 Å². The predicted octanol–water partition coefficient (Wildman–Crippen LogP) is 2.57. The predicted molar refractivity (Wildman–Crippen MR) is 79.0 cm³/mol. The number of rotatable bonds is 8. The summed E-state index contributed by atoms with van der Waals surface area (Å²) >= 11 is 0. The Labute approximate surface area is 120 Å². The molecule has 0 saturated heterocycles. The van der Waals surface area contributed by atoms with Gasteiger partial charge in [-0.1, -0.05) is 12.1 Å². The van der Waals surface area contributed by atoms with Crippen LogP contribution < -0.4 is 5.73 Å². The zero-order valence-corrected chi connectivity index (χ0v) is 12.4. The van der Waals surface area contributed by atoms with Gasteiger partial charge in [-0.25, -0.2) is 4.39 Å². The lowest BCUT2D eigenvalue weighted by Gasteiger charge is -2.31. The zero-order valence-electron chi connectivity index (χ0n) is 12.4. The molecule has 0 aromatic heterocycles. The van der Waals surface area contributed by atoms with E-state index < -0.39 is 0 Å². The summed E-state index contributed by atoms with van der Waals surface area (Å²) in [6, 6.07) is 6.94. The van der Waals surface area contributed by atoms with E-state index in [-0.39, 0.29) is 11.9 Å². The quantitative estimate of drug-likeness (QED) is 0.795. The highest BCUT2D eigenvalue weighted by Crippen LogP contribution is 2.35. The highest BCUT2D eigenvalue weighted by molar-refractivity contribution is 5.20. The summed E-state index contributed by atoms with van der Waals surface area (Å²) in [5, 5.41) is 0. The maximum atomic E-state index is 13.3. The van der Waals surface area contributed by atoms with Crippen LogP contribution in [-0.4, -0.2) is 37.7 Å². The van der Waals surface area contributed by atoms with E-state index >= 15 is 0 Å². The van der Waals surface area contributed by atoms with E-state index in [1.807, 2.05) is 6.07 Å². The Morgan fingerprint density at radius 2 is 2.20 bits per heavy atom. The smallest absolute Gasteiger partial charge is 0.123 e. The van der Waals surface area contributed by atoms with Gasteiger partial charge in [0, 0.05) is 32.3 Å². The summed E-state index contributed by atoms with van der Waals surface area (Å²) in [7, 11) is 1.71. The largest absolute Gasteiger partial charge is 0.383 e. The van der Waals surface area contributed by atoms with Gasteiger partial charge in [-0.15, -0.1) is 0 Å². The van der Waals surface area contributed by atoms with Crippen molar-refractivity contribution in [3.8, 4) is 0 Å². The second-order valence-corrected chi connectivity index (χ2v) is 5.73. The van der Waals surface area contributed by atoms with E-state index in [1.54, 1.807) is 13.2 Å². The Balaban J connectivity index is 1.98. The molecule has 0 radical (unpaired) electrons. The molecule has 2 atom stereocenters. The average Bonchev–Trinajstić information content (AvgIpc) is 3.27. The Morgan fingerprint density at radius 3 is 2.80 bits per heavy atom. The van der Waals surface area contributed by atoms with Crippen LogP contribution in [0.15, 0.2) is 24.3 Å². The van der Waals surface area contributed by atoms with Crippen molar-refractivity contribution in [2.75, 3.05) is 26.8 Å². The van der Waals surface area contributed by atoms with Crippen molar-refractivity contribution in [3.63, 3.8) is 0 Å². The third kappa shape index (κ3) is 4.27. The lowest BCUT2D eigenvalue weighted by molar-refractivity contribution is 0.112. The van der Waals surface area contributed by atoms with Crippen LogP contribution in [0.25, 0.3) is 0 Å². The molecule has 0 bridgehead atoms. The molecule has 0 aliphatic heterocycles. The van der Waals surface area contributed by atoms with Gasteiger partial charge in [-0.3, -0.25) is 4.90 Å². The molecule has 1 aromatic carbocycles. The van der Waals surface area contributed by atoms with Gasteiger partial charge in [-0.2, -0.15) is 0 Å². The summed E-state index contributed by atoms with van der Waals surface area (Å²) in [4.78, 5) is 2.37. The van der Waals surface area contributed by atoms with Gasteiger partial charge < -0.3 is 10.5 Å². The van der Waals surface area contributed by atoms with Crippen LogP contribution in [0.1, 0.15) is 31.4 Å². The van der Waals surface area contributed by atoms with Crippen molar-refractivity contribution >= 4 is 0 Å². The monoisotopic (exact) mass is 280 g/mol. The third-order valence-corrected chi connectivity index (χ3v) is 4.17. The number of halogens is 1. The fraction of sp³-hybridized carbons (Fsp3) is 0.625. The summed E-state index contributed by atoms with van der Waals surface area (Å²) < 4.78 is 18.5. The first kappa shape index (κ1) is 15.4. The van der Waals surface area contributed by atoms with Crippen LogP contribution in [-0.2, 0) is 4.74 Å². The normalized spacial score (nSPS) is 18.2. The topological polar surface area (TPSA) is 38.5 Å². The molecule has 2 unspecified atom stereocenters. The van der Waals surface area contributed by atoms with Crippen molar-refractivity contribution in [1.29, 1.82) is 0 Å². The van der Waals surface area contributed by atoms with E-state index in [0.717, 1.165) is 24.6 Å². The molecule has 112 valence electrons. The van der Waals surface area contributed by atoms with Gasteiger partial charge in [-0.05, 0) is 43.4 Å². The number of nitrogens with zero attached hydrogens (tertiary/aromatic N) is 1. The molecule has 2 rings (SSSR count). The molecule has 0 spiro atoms. The van der Waals surface area contributed by atoms with Gasteiger partial charge in [0.1, 0.15) is 5.82 Å². The van der Waals surface area contributed by atoms with Gasteiger partial charge in [0.15, 0.2) is 0 Å². The van der Waals surface area contributed by atoms with Gasteiger partial charge in [0.2, 0.25) is 0 Å². The molecule has 2 N–H and O–H groups in total. The fourth-order valence-corrected chi connectivity index (χ4v) is 2.64. The number of ether oxygens (including phenoxy) is 1. The maximum Gasteiger partial charge on any atom is 0.123 e. The highest BCUT2D eigenvalue weighted by Gasteiger charge is 2.32. The second-order valence-electron chi connectivity index (χ2n) is 5.73. The van der Waals surface area contributed by atoms with Crippen molar-refractivity contribution in [3.05, 3.63) is 35.6 Å². The van der Waals surface area contributed by atoms with Crippen molar-refractivity contribution in [2.24, 2.45) is 11.7 Å². The third-order valence-electron chi connectivity index (χ3n) is 4.17. The Morgan fingerprint density at radius 1 is 1.45 bits per heavy atom. The van der Waals surface area contributed by atoms with E-state index in [9.17, 15) is 4.39 Å². The molecule has 3 nitrogen and oxygen atoms in total. The zero-order chi connectivity index (χ0) is 14.5. The standard InChI is InChI=1S/C16H25FN2O/c1-12(13-6-7-13)19(8-9-20-2)11-16(18)14-4-3-5-15(17)10-14/h3-5,10,12-13,16H,6-9,11,18H2,1-2H3. The van der Waals surface area contributed by atoms with Gasteiger partial charge in [0.25, 0.3) is 0 Å². The Kier molecular flexibility index (Phi) is 5.52. The summed E-state index contributed by atoms with van der Waals surface area (Å²) in [6.45, 7) is 4.57.